The van der Waals surface area contributed by atoms with Crippen molar-refractivity contribution in [3.63, 3.8) is 0 Å². The molecule has 0 spiro atoms. The van der Waals surface area contributed by atoms with Crippen molar-refractivity contribution in [3.8, 4) is 0 Å². The average Bonchev–Trinajstić information content (AvgIpc) is 2.26. The predicted molar refractivity (Wildman–Crippen MR) is 59.3 cm³/mol. The molecule has 0 bridgehead atoms. The van der Waals surface area contributed by atoms with Crippen LogP contribution in [0.5, 0.6) is 0 Å². The third kappa shape index (κ3) is 3.32. The standard InChI is InChI=1S/C12H17NO/c1-3-12(13-9-10-14-2)11-7-5-4-6-8-11/h3-8,12-13H,1,9-10H2,2H3/t12-/m0/s1. The molecular weight excluding hydrogens is 174 g/mol. The third-order valence-corrected chi connectivity index (χ3v) is 2.06. The lowest BCUT2D eigenvalue weighted by Crippen LogP contribution is -2.23. The summed E-state index contributed by atoms with van der Waals surface area (Å²) in [5, 5.41) is 3.34. The fourth-order valence-electron chi connectivity index (χ4n) is 1.31. The van der Waals surface area contributed by atoms with Gasteiger partial charge in [-0.15, -0.1) is 6.58 Å². The second-order valence-electron chi connectivity index (χ2n) is 3.07. The molecule has 0 unspecified atom stereocenters. The van der Waals surface area contributed by atoms with Crippen LogP contribution in [0.25, 0.3) is 0 Å². The van der Waals surface area contributed by atoms with Crippen LogP contribution in [0.2, 0.25) is 0 Å². The molecule has 1 aromatic carbocycles. The van der Waals surface area contributed by atoms with Gasteiger partial charge in [-0.05, 0) is 5.56 Å². The van der Waals surface area contributed by atoms with Crippen LogP contribution in [0.1, 0.15) is 11.6 Å². The summed E-state index contributed by atoms with van der Waals surface area (Å²) in [6.07, 6.45) is 1.91. The summed E-state index contributed by atoms with van der Waals surface area (Å²) in [5.41, 5.74) is 1.23. The smallest absolute Gasteiger partial charge is 0.0587 e. The van der Waals surface area contributed by atoms with Gasteiger partial charge < -0.3 is 10.1 Å². The highest BCUT2D eigenvalue weighted by atomic mass is 16.5. The number of hydrogen-bond donors (Lipinski definition) is 1. The Hall–Kier alpha value is -1.12. The van der Waals surface area contributed by atoms with E-state index in [1.165, 1.54) is 5.56 Å². The van der Waals surface area contributed by atoms with E-state index in [4.69, 9.17) is 4.74 Å². The van der Waals surface area contributed by atoms with Gasteiger partial charge in [0, 0.05) is 13.7 Å². The normalized spacial score (nSPS) is 12.4. The molecular formula is C12H17NO. The maximum Gasteiger partial charge on any atom is 0.0587 e. The van der Waals surface area contributed by atoms with Gasteiger partial charge in [-0.3, -0.25) is 0 Å². The Morgan fingerprint density at radius 3 is 2.71 bits per heavy atom. The van der Waals surface area contributed by atoms with Gasteiger partial charge in [0.05, 0.1) is 12.6 Å². The highest BCUT2D eigenvalue weighted by molar-refractivity contribution is 5.22. The first kappa shape index (κ1) is 11.0. The first-order chi connectivity index (χ1) is 6.88. The summed E-state index contributed by atoms with van der Waals surface area (Å²) in [5.74, 6) is 0. The largest absolute Gasteiger partial charge is 0.383 e. The molecule has 0 aliphatic carbocycles. The van der Waals surface area contributed by atoms with E-state index in [-0.39, 0.29) is 6.04 Å². The Kier molecular flexibility index (Phi) is 4.97. The summed E-state index contributed by atoms with van der Waals surface area (Å²) < 4.78 is 4.98. The van der Waals surface area contributed by atoms with Crippen molar-refractivity contribution in [1.82, 2.24) is 5.32 Å². The number of methoxy groups -OCH3 is 1. The molecule has 0 saturated carbocycles. The third-order valence-electron chi connectivity index (χ3n) is 2.06. The Morgan fingerprint density at radius 2 is 2.14 bits per heavy atom. The van der Waals surface area contributed by atoms with Gasteiger partial charge in [0.1, 0.15) is 0 Å². The number of benzene rings is 1. The fraction of sp³-hybridized carbons (Fsp3) is 0.333. The van der Waals surface area contributed by atoms with Crippen LogP contribution in [0.4, 0.5) is 0 Å². The van der Waals surface area contributed by atoms with E-state index >= 15 is 0 Å². The molecule has 1 atom stereocenters. The zero-order chi connectivity index (χ0) is 10.2. The Bertz CT molecular complexity index is 258. The van der Waals surface area contributed by atoms with Crippen LogP contribution in [0.15, 0.2) is 43.0 Å². The molecule has 2 heteroatoms. The molecule has 14 heavy (non-hydrogen) atoms. The van der Waals surface area contributed by atoms with E-state index in [1.54, 1.807) is 7.11 Å². The van der Waals surface area contributed by atoms with Crippen LogP contribution >= 0.6 is 0 Å². The minimum atomic E-state index is 0.214. The molecule has 0 aliphatic heterocycles. The van der Waals surface area contributed by atoms with Gasteiger partial charge in [0.15, 0.2) is 0 Å². The predicted octanol–water partition coefficient (Wildman–Crippen LogP) is 2.15. The summed E-state index contributed by atoms with van der Waals surface area (Å²) in [6, 6.07) is 10.5. The lowest BCUT2D eigenvalue weighted by Gasteiger charge is -2.14. The first-order valence-electron chi connectivity index (χ1n) is 4.78. The average molecular weight is 191 g/mol. The van der Waals surface area contributed by atoms with E-state index in [0.29, 0.717) is 0 Å². The highest BCUT2D eigenvalue weighted by Crippen LogP contribution is 2.12. The highest BCUT2D eigenvalue weighted by Gasteiger charge is 2.04. The van der Waals surface area contributed by atoms with Crippen molar-refractivity contribution in [2.45, 2.75) is 6.04 Å². The van der Waals surface area contributed by atoms with Gasteiger partial charge in [-0.2, -0.15) is 0 Å². The molecule has 2 nitrogen and oxygen atoms in total. The molecule has 1 rings (SSSR count). The molecule has 0 radical (unpaired) electrons. The monoisotopic (exact) mass is 191 g/mol. The van der Waals surface area contributed by atoms with Crippen LogP contribution in [0.3, 0.4) is 0 Å². The van der Waals surface area contributed by atoms with E-state index in [9.17, 15) is 0 Å². The van der Waals surface area contributed by atoms with Crippen molar-refractivity contribution in [2.75, 3.05) is 20.3 Å². The summed E-state index contributed by atoms with van der Waals surface area (Å²) in [4.78, 5) is 0. The van der Waals surface area contributed by atoms with Crippen LogP contribution in [-0.4, -0.2) is 20.3 Å². The molecule has 0 aliphatic rings. The Labute approximate surface area is 85.6 Å². The number of rotatable bonds is 6. The number of hydrogen-bond acceptors (Lipinski definition) is 2. The first-order valence-corrected chi connectivity index (χ1v) is 4.78. The summed E-state index contributed by atoms with van der Waals surface area (Å²) >= 11 is 0. The maximum absolute atomic E-state index is 4.98. The topological polar surface area (TPSA) is 21.3 Å². The van der Waals surface area contributed by atoms with Crippen molar-refractivity contribution in [1.29, 1.82) is 0 Å². The number of ether oxygens (including phenoxy) is 1. The van der Waals surface area contributed by atoms with Gasteiger partial charge >= 0.3 is 0 Å². The molecule has 76 valence electrons. The Morgan fingerprint density at radius 1 is 1.43 bits per heavy atom. The molecule has 0 heterocycles. The second-order valence-corrected chi connectivity index (χ2v) is 3.07. The van der Waals surface area contributed by atoms with Gasteiger partial charge in [0.25, 0.3) is 0 Å². The zero-order valence-corrected chi connectivity index (χ0v) is 8.57. The van der Waals surface area contributed by atoms with Crippen molar-refractivity contribution in [3.05, 3.63) is 48.6 Å². The van der Waals surface area contributed by atoms with E-state index in [0.717, 1.165) is 13.2 Å². The van der Waals surface area contributed by atoms with E-state index in [2.05, 4.69) is 24.0 Å². The van der Waals surface area contributed by atoms with Crippen molar-refractivity contribution < 1.29 is 4.74 Å². The Balaban J connectivity index is 2.50. The van der Waals surface area contributed by atoms with Gasteiger partial charge in [0.2, 0.25) is 0 Å². The van der Waals surface area contributed by atoms with Crippen LogP contribution in [0, 0.1) is 0 Å². The van der Waals surface area contributed by atoms with E-state index in [1.807, 2.05) is 24.3 Å². The van der Waals surface area contributed by atoms with Gasteiger partial charge in [-0.1, -0.05) is 36.4 Å². The number of nitrogens with one attached hydrogen (secondary N) is 1. The molecule has 1 aromatic rings. The minimum absolute atomic E-state index is 0.214. The second kappa shape index (κ2) is 6.35. The maximum atomic E-state index is 4.98. The van der Waals surface area contributed by atoms with E-state index < -0.39 is 0 Å². The quantitative estimate of drug-likeness (QED) is 0.549. The lowest BCUT2D eigenvalue weighted by atomic mass is 10.1. The lowest BCUT2D eigenvalue weighted by molar-refractivity contribution is 0.197. The SMILES string of the molecule is C=C[C@H](NCCOC)c1ccccc1. The fourth-order valence-corrected chi connectivity index (χ4v) is 1.31. The molecule has 1 N–H and O–H groups in total. The molecule has 0 fully saturated rings. The van der Waals surface area contributed by atoms with Crippen molar-refractivity contribution >= 4 is 0 Å². The molecule has 0 saturated heterocycles. The summed E-state index contributed by atoms with van der Waals surface area (Å²) in [6.45, 7) is 5.37. The molecule has 0 aromatic heterocycles. The van der Waals surface area contributed by atoms with Gasteiger partial charge in [-0.25, -0.2) is 0 Å². The minimum Gasteiger partial charge on any atom is -0.383 e. The molecule has 0 amide bonds. The zero-order valence-electron chi connectivity index (χ0n) is 8.57. The van der Waals surface area contributed by atoms with Crippen LogP contribution < -0.4 is 5.32 Å². The van der Waals surface area contributed by atoms with Crippen LogP contribution in [-0.2, 0) is 4.74 Å². The summed E-state index contributed by atoms with van der Waals surface area (Å²) in [7, 11) is 1.70. The van der Waals surface area contributed by atoms with Crippen molar-refractivity contribution in [2.24, 2.45) is 0 Å².